The van der Waals surface area contributed by atoms with E-state index in [0.717, 1.165) is 10.9 Å². The number of methoxy groups -OCH3 is 1. The lowest BCUT2D eigenvalue weighted by molar-refractivity contribution is -0.140. The molecule has 0 fully saturated rings. The molecule has 0 amide bonds. The van der Waals surface area contributed by atoms with Crippen LogP contribution in [0, 0.1) is 0 Å². The largest absolute Gasteiger partial charge is 0.508 e. The van der Waals surface area contributed by atoms with E-state index in [9.17, 15) is 14.7 Å². The van der Waals surface area contributed by atoms with Crippen LogP contribution in [0.5, 0.6) is 17.2 Å². The summed E-state index contributed by atoms with van der Waals surface area (Å²) in [6.45, 7) is 0.0532. The molecule has 7 heteroatoms. The maximum absolute atomic E-state index is 13.1. The van der Waals surface area contributed by atoms with E-state index >= 15 is 0 Å². The fourth-order valence-electron chi connectivity index (χ4n) is 3.56. The van der Waals surface area contributed by atoms with Gasteiger partial charge < -0.3 is 23.9 Å². The zero-order valence-electron chi connectivity index (χ0n) is 15.5. The standard InChI is InChI=1S/C21H19NO6/c1-22-16-6-4-3-5-12(16)7-15(21(22)25)13(9-20(24)26-2)14-8-18-19(10-17(14)23)28-11-27-18/h3-8,10,13,23H,9,11H2,1-2H3. The summed E-state index contributed by atoms with van der Waals surface area (Å²) in [5.74, 6) is -0.388. The second-order valence-electron chi connectivity index (χ2n) is 6.62. The smallest absolute Gasteiger partial charge is 0.306 e. The molecule has 4 rings (SSSR count). The molecule has 1 unspecified atom stereocenters. The number of phenols is 1. The minimum atomic E-state index is -0.703. The Hall–Kier alpha value is -3.48. The highest BCUT2D eigenvalue weighted by Crippen LogP contribution is 2.42. The van der Waals surface area contributed by atoms with E-state index in [-0.39, 0.29) is 24.5 Å². The minimum Gasteiger partial charge on any atom is -0.508 e. The van der Waals surface area contributed by atoms with E-state index in [0.29, 0.717) is 22.6 Å². The van der Waals surface area contributed by atoms with Crippen LogP contribution in [-0.2, 0) is 16.6 Å². The summed E-state index contributed by atoms with van der Waals surface area (Å²) in [5.41, 5.74) is 1.33. The number of para-hydroxylation sites is 1. The Kier molecular flexibility index (Phi) is 4.43. The predicted octanol–water partition coefficient (Wildman–Crippen LogP) is 2.67. The first-order valence-corrected chi connectivity index (χ1v) is 8.77. The van der Waals surface area contributed by atoms with Gasteiger partial charge in [0.1, 0.15) is 5.75 Å². The zero-order valence-corrected chi connectivity index (χ0v) is 15.5. The first-order valence-electron chi connectivity index (χ1n) is 8.77. The summed E-state index contributed by atoms with van der Waals surface area (Å²) in [6, 6.07) is 12.3. The number of benzene rings is 2. The Morgan fingerprint density at radius 3 is 2.64 bits per heavy atom. The Labute approximate surface area is 160 Å². The number of pyridine rings is 1. The Bertz CT molecular complexity index is 1130. The van der Waals surface area contributed by atoms with E-state index < -0.39 is 11.9 Å². The lowest BCUT2D eigenvalue weighted by Gasteiger charge is -2.19. The fraction of sp³-hybridized carbons (Fsp3) is 0.238. The van der Waals surface area contributed by atoms with Gasteiger partial charge in [-0.15, -0.1) is 0 Å². The lowest BCUT2D eigenvalue weighted by Crippen LogP contribution is -2.25. The molecule has 0 aliphatic carbocycles. The van der Waals surface area contributed by atoms with Gasteiger partial charge in [-0.1, -0.05) is 18.2 Å². The van der Waals surface area contributed by atoms with Crippen molar-refractivity contribution >= 4 is 16.9 Å². The van der Waals surface area contributed by atoms with Crippen LogP contribution in [0.4, 0.5) is 0 Å². The Morgan fingerprint density at radius 1 is 1.18 bits per heavy atom. The highest BCUT2D eigenvalue weighted by molar-refractivity contribution is 5.80. The monoisotopic (exact) mass is 381 g/mol. The predicted molar refractivity (Wildman–Crippen MR) is 102 cm³/mol. The van der Waals surface area contributed by atoms with E-state index in [1.54, 1.807) is 23.7 Å². The number of phenolic OH excluding ortho intramolecular Hbond substituents is 1. The van der Waals surface area contributed by atoms with Crippen LogP contribution in [0.3, 0.4) is 0 Å². The van der Waals surface area contributed by atoms with E-state index in [1.807, 2.05) is 24.3 Å². The van der Waals surface area contributed by atoms with Gasteiger partial charge in [0.05, 0.1) is 19.0 Å². The van der Waals surface area contributed by atoms with Crippen LogP contribution in [0.1, 0.15) is 23.5 Å². The third kappa shape index (κ3) is 2.94. The summed E-state index contributed by atoms with van der Waals surface area (Å²) in [7, 11) is 2.97. The van der Waals surface area contributed by atoms with Gasteiger partial charge in [0.25, 0.3) is 5.56 Å². The highest BCUT2D eigenvalue weighted by atomic mass is 16.7. The van der Waals surface area contributed by atoms with Gasteiger partial charge in [-0.25, -0.2) is 0 Å². The third-order valence-electron chi connectivity index (χ3n) is 5.03. The number of hydrogen-bond donors (Lipinski definition) is 1. The van der Waals surface area contributed by atoms with Crippen molar-refractivity contribution in [1.29, 1.82) is 0 Å². The Morgan fingerprint density at radius 2 is 1.89 bits per heavy atom. The van der Waals surface area contributed by atoms with Crippen molar-refractivity contribution in [3.05, 3.63) is 63.9 Å². The molecule has 1 aromatic heterocycles. The van der Waals surface area contributed by atoms with Gasteiger partial charge in [-0.3, -0.25) is 9.59 Å². The van der Waals surface area contributed by atoms with E-state index in [4.69, 9.17) is 14.2 Å². The number of aryl methyl sites for hydroxylation is 1. The lowest BCUT2D eigenvalue weighted by atomic mass is 9.87. The second-order valence-corrected chi connectivity index (χ2v) is 6.62. The molecule has 0 radical (unpaired) electrons. The van der Waals surface area contributed by atoms with Crippen molar-refractivity contribution in [2.24, 2.45) is 7.05 Å². The number of nitrogens with zero attached hydrogens (tertiary/aromatic N) is 1. The number of rotatable bonds is 4. The van der Waals surface area contributed by atoms with Crippen LogP contribution >= 0.6 is 0 Å². The molecule has 1 N–H and O–H groups in total. The molecule has 0 saturated carbocycles. The van der Waals surface area contributed by atoms with Crippen LogP contribution in [0.2, 0.25) is 0 Å². The van der Waals surface area contributed by atoms with Crippen molar-refractivity contribution in [3.8, 4) is 17.2 Å². The summed E-state index contributed by atoms with van der Waals surface area (Å²) >= 11 is 0. The topological polar surface area (TPSA) is 87.0 Å². The van der Waals surface area contributed by atoms with Crippen molar-refractivity contribution < 1.29 is 24.1 Å². The first-order chi connectivity index (χ1) is 13.5. The van der Waals surface area contributed by atoms with Gasteiger partial charge in [0.2, 0.25) is 6.79 Å². The van der Waals surface area contributed by atoms with Crippen LogP contribution in [0.25, 0.3) is 10.9 Å². The molecule has 1 aliphatic heterocycles. The van der Waals surface area contributed by atoms with Gasteiger partial charge in [-0.05, 0) is 23.6 Å². The van der Waals surface area contributed by atoms with Crippen LogP contribution in [0.15, 0.2) is 47.3 Å². The fourth-order valence-corrected chi connectivity index (χ4v) is 3.56. The number of ether oxygens (including phenoxy) is 3. The van der Waals surface area contributed by atoms with Gasteiger partial charge >= 0.3 is 5.97 Å². The molecular formula is C21H19NO6. The Balaban J connectivity index is 1.93. The normalized spacial score (nSPS) is 13.5. The molecule has 28 heavy (non-hydrogen) atoms. The molecule has 0 spiro atoms. The SMILES string of the molecule is COC(=O)CC(c1cc2c(cc1O)OCO2)c1cc2ccccc2n(C)c1=O. The number of fused-ring (bicyclic) bond motifs is 2. The molecule has 1 aliphatic rings. The van der Waals surface area contributed by atoms with Gasteiger partial charge in [-0.2, -0.15) is 0 Å². The summed E-state index contributed by atoms with van der Waals surface area (Å²) < 4.78 is 17.1. The molecule has 1 atom stereocenters. The molecule has 0 bridgehead atoms. The summed E-state index contributed by atoms with van der Waals surface area (Å²) in [6.07, 6.45) is -0.0999. The molecule has 7 nitrogen and oxygen atoms in total. The highest BCUT2D eigenvalue weighted by Gasteiger charge is 2.28. The molecular weight excluding hydrogens is 362 g/mol. The average Bonchev–Trinajstić information content (AvgIpc) is 3.15. The zero-order chi connectivity index (χ0) is 19.8. The number of carbonyl (C=O) groups is 1. The number of aromatic hydroxyl groups is 1. The van der Waals surface area contributed by atoms with Crippen LogP contribution in [-0.4, -0.2) is 29.5 Å². The third-order valence-corrected chi connectivity index (χ3v) is 5.03. The molecule has 3 aromatic rings. The first kappa shape index (κ1) is 17.9. The summed E-state index contributed by atoms with van der Waals surface area (Å²) in [5, 5.41) is 11.4. The molecule has 2 heterocycles. The number of aromatic nitrogens is 1. The van der Waals surface area contributed by atoms with Crippen molar-refractivity contribution in [2.45, 2.75) is 12.3 Å². The van der Waals surface area contributed by atoms with Gasteiger partial charge in [0, 0.05) is 30.2 Å². The van der Waals surface area contributed by atoms with Gasteiger partial charge in [0.15, 0.2) is 11.5 Å². The van der Waals surface area contributed by atoms with Crippen LogP contribution < -0.4 is 15.0 Å². The molecule has 2 aromatic carbocycles. The maximum Gasteiger partial charge on any atom is 0.306 e. The molecule has 144 valence electrons. The number of esters is 1. The van der Waals surface area contributed by atoms with Crippen molar-refractivity contribution in [1.82, 2.24) is 4.57 Å². The van der Waals surface area contributed by atoms with Crippen molar-refractivity contribution in [3.63, 3.8) is 0 Å². The quantitative estimate of drug-likeness (QED) is 0.699. The molecule has 0 saturated heterocycles. The number of carbonyl (C=O) groups excluding carboxylic acids is 1. The second kappa shape index (κ2) is 6.92. The number of hydrogen-bond acceptors (Lipinski definition) is 6. The average molecular weight is 381 g/mol. The van der Waals surface area contributed by atoms with E-state index in [2.05, 4.69) is 0 Å². The van der Waals surface area contributed by atoms with Crippen molar-refractivity contribution in [2.75, 3.05) is 13.9 Å². The van der Waals surface area contributed by atoms with E-state index in [1.165, 1.54) is 13.2 Å². The maximum atomic E-state index is 13.1. The summed E-state index contributed by atoms with van der Waals surface area (Å²) in [4.78, 5) is 25.2. The minimum absolute atomic E-state index is 0.0532.